The Labute approximate surface area is 100 Å². The second kappa shape index (κ2) is 4.30. The monoisotopic (exact) mass is 247 g/mol. The third-order valence-corrected chi connectivity index (χ3v) is 5.35. The highest BCUT2D eigenvalue weighted by molar-refractivity contribution is 7.88. The molecule has 4 heteroatoms. The Balaban J connectivity index is 2.78. The lowest BCUT2D eigenvalue weighted by Crippen LogP contribution is -2.35. The summed E-state index contributed by atoms with van der Waals surface area (Å²) in [5.74, 6) is 1.22. The van der Waals surface area contributed by atoms with E-state index in [-0.39, 0.29) is 11.5 Å². The zero-order valence-electron chi connectivity index (χ0n) is 11.3. The number of hydrogen-bond donors (Lipinski definition) is 0. The van der Waals surface area contributed by atoms with Gasteiger partial charge in [0.15, 0.2) is 0 Å². The highest BCUT2D eigenvalue weighted by Gasteiger charge is 2.41. The third-order valence-electron chi connectivity index (χ3n) is 4.01. The van der Waals surface area contributed by atoms with Gasteiger partial charge in [0.05, 0.1) is 6.26 Å². The Bertz CT molecular complexity index is 343. The van der Waals surface area contributed by atoms with Gasteiger partial charge >= 0.3 is 0 Å². The Morgan fingerprint density at radius 2 is 1.69 bits per heavy atom. The molecule has 3 nitrogen and oxygen atoms in total. The summed E-state index contributed by atoms with van der Waals surface area (Å²) in [7, 11) is -1.34. The van der Waals surface area contributed by atoms with Crippen LogP contribution in [-0.2, 0) is 10.0 Å². The average Bonchev–Trinajstić information content (AvgIpc) is 2.43. The summed E-state index contributed by atoms with van der Waals surface area (Å²) < 4.78 is 24.6. The van der Waals surface area contributed by atoms with E-state index in [0.717, 1.165) is 12.8 Å². The maximum Gasteiger partial charge on any atom is 0.211 e. The standard InChI is InChI=1S/C12H25NO2S/c1-9-7-10(13(5)16(6,14)15)8-11(9)12(2,3)4/h9-11H,7-8H2,1-6H3. The van der Waals surface area contributed by atoms with Crippen LogP contribution in [0.1, 0.15) is 40.5 Å². The first-order valence-electron chi connectivity index (χ1n) is 5.96. The van der Waals surface area contributed by atoms with Gasteiger partial charge in [-0.1, -0.05) is 27.7 Å². The zero-order chi connectivity index (χ0) is 12.7. The molecular weight excluding hydrogens is 222 g/mol. The van der Waals surface area contributed by atoms with Crippen LogP contribution in [0.3, 0.4) is 0 Å². The van der Waals surface area contributed by atoms with Crippen molar-refractivity contribution in [1.82, 2.24) is 4.31 Å². The normalized spacial score (nSPS) is 32.3. The summed E-state index contributed by atoms with van der Waals surface area (Å²) >= 11 is 0. The molecule has 0 heterocycles. The van der Waals surface area contributed by atoms with E-state index < -0.39 is 10.0 Å². The van der Waals surface area contributed by atoms with Crippen molar-refractivity contribution in [2.75, 3.05) is 13.3 Å². The van der Waals surface area contributed by atoms with E-state index in [4.69, 9.17) is 0 Å². The van der Waals surface area contributed by atoms with Gasteiger partial charge < -0.3 is 0 Å². The molecule has 16 heavy (non-hydrogen) atoms. The topological polar surface area (TPSA) is 37.4 Å². The van der Waals surface area contributed by atoms with Gasteiger partial charge in [-0.15, -0.1) is 0 Å². The smallest absolute Gasteiger partial charge is 0.211 e. The molecule has 0 aromatic rings. The van der Waals surface area contributed by atoms with E-state index in [1.54, 1.807) is 11.4 Å². The molecule has 1 rings (SSSR count). The van der Waals surface area contributed by atoms with Crippen LogP contribution in [0, 0.1) is 17.3 Å². The molecular formula is C12H25NO2S. The molecule has 1 aliphatic rings. The van der Waals surface area contributed by atoms with Crippen molar-refractivity contribution in [2.45, 2.75) is 46.6 Å². The predicted octanol–water partition coefficient (Wildman–Crippen LogP) is 2.34. The molecule has 0 aromatic carbocycles. The molecule has 0 saturated heterocycles. The van der Waals surface area contributed by atoms with Crippen molar-refractivity contribution >= 4 is 10.0 Å². The van der Waals surface area contributed by atoms with Gasteiger partial charge in [0.25, 0.3) is 0 Å². The van der Waals surface area contributed by atoms with Crippen molar-refractivity contribution in [3.63, 3.8) is 0 Å². The van der Waals surface area contributed by atoms with Gasteiger partial charge in [-0.2, -0.15) is 0 Å². The maximum atomic E-state index is 11.5. The maximum absolute atomic E-state index is 11.5. The average molecular weight is 247 g/mol. The Morgan fingerprint density at radius 3 is 2.00 bits per heavy atom. The summed E-state index contributed by atoms with van der Waals surface area (Å²) in [4.78, 5) is 0. The minimum Gasteiger partial charge on any atom is -0.213 e. The fourth-order valence-electron chi connectivity index (χ4n) is 2.99. The quantitative estimate of drug-likeness (QED) is 0.751. The van der Waals surface area contributed by atoms with E-state index in [0.29, 0.717) is 11.8 Å². The summed E-state index contributed by atoms with van der Waals surface area (Å²) in [6.45, 7) is 8.98. The summed E-state index contributed by atoms with van der Waals surface area (Å²) in [6.07, 6.45) is 3.28. The van der Waals surface area contributed by atoms with Crippen LogP contribution in [-0.4, -0.2) is 32.1 Å². The fraction of sp³-hybridized carbons (Fsp3) is 1.00. The molecule has 1 saturated carbocycles. The third kappa shape index (κ3) is 2.98. The van der Waals surface area contributed by atoms with Crippen LogP contribution in [0.5, 0.6) is 0 Å². The molecule has 0 bridgehead atoms. The Hall–Kier alpha value is -0.0900. The van der Waals surface area contributed by atoms with Gasteiger partial charge in [-0.25, -0.2) is 12.7 Å². The van der Waals surface area contributed by atoms with E-state index in [1.807, 2.05) is 0 Å². The number of sulfonamides is 1. The molecule has 0 aromatic heterocycles. The van der Waals surface area contributed by atoms with E-state index >= 15 is 0 Å². The van der Waals surface area contributed by atoms with Gasteiger partial charge in [0, 0.05) is 13.1 Å². The highest BCUT2D eigenvalue weighted by atomic mass is 32.2. The SMILES string of the molecule is CC1CC(N(C)S(C)(=O)=O)CC1C(C)(C)C. The first kappa shape index (κ1) is 14.0. The first-order valence-corrected chi connectivity index (χ1v) is 7.81. The predicted molar refractivity (Wildman–Crippen MR) is 67.7 cm³/mol. The van der Waals surface area contributed by atoms with Crippen molar-refractivity contribution < 1.29 is 8.42 Å². The van der Waals surface area contributed by atoms with Crippen molar-refractivity contribution in [3.8, 4) is 0 Å². The molecule has 0 amide bonds. The number of hydrogen-bond acceptors (Lipinski definition) is 2. The van der Waals surface area contributed by atoms with E-state index in [9.17, 15) is 8.42 Å². The Morgan fingerprint density at radius 1 is 1.19 bits per heavy atom. The van der Waals surface area contributed by atoms with Crippen LogP contribution in [0.15, 0.2) is 0 Å². The molecule has 1 fully saturated rings. The van der Waals surface area contributed by atoms with Crippen molar-refractivity contribution in [3.05, 3.63) is 0 Å². The van der Waals surface area contributed by atoms with E-state index in [2.05, 4.69) is 27.7 Å². The minimum atomic E-state index is -3.05. The largest absolute Gasteiger partial charge is 0.213 e. The van der Waals surface area contributed by atoms with Crippen LogP contribution in [0.25, 0.3) is 0 Å². The second-order valence-electron chi connectivity index (χ2n) is 6.35. The van der Waals surface area contributed by atoms with Crippen LogP contribution < -0.4 is 0 Å². The van der Waals surface area contributed by atoms with Crippen LogP contribution in [0.4, 0.5) is 0 Å². The summed E-state index contributed by atoms with van der Waals surface area (Å²) in [6, 6.07) is 0.189. The zero-order valence-corrected chi connectivity index (χ0v) is 12.1. The molecule has 0 spiro atoms. The number of rotatable bonds is 2. The van der Waals surface area contributed by atoms with Crippen molar-refractivity contribution in [1.29, 1.82) is 0 Å². The Kier molecular flexibility index (Phi) is 3.75. The number of nitrogens with zero attached hydrogens (tertiary/aromatic N) is 1. The summed E-state index contributed by atoms with van der Waals surface area (Å²) in [5.41, 5.74) is 0.270. The van der Waals surface area contributed by atoms with E-state index in [1.165, 1.54) is 6.26 Å². The molecule has 96 valence electrons. The highest BCUT2D eigenvalue weighted by Crippen LogP contribution is 2.44. The molecule has 0 N–H and O–H groups in total. The molecule has 0 aliphatic heterocycles. The first-order chi connectivity index (χ1) is 7.03. The summed E-state index contributed by atoms with van der Waals surface area (Å²) in [5, 5.41) is 0. The lowest BCUT2D eigenvalue weighted by molar-refractivity contribution is 0.193. The molecule has 3 unspecified atom stereocenters. The van der Waals surface area contributed by atoms with Gasteiger partial charge in [-0.05, 0) is 30.1 Å². The van der Waals surface area contributed by atoms with Crippen molar-refractivity contribution in [2.24, 2.45) is 17.3 Å². The van der Waals surface area contributed by atoms with Crippen LogP contribution in [0.2, 0.25) is 0 Å². The molecule has 3 atom stereocenters. The van der Waals surface area contributed by atoms with Gasteiger partial charge in [0.1, 0.15) is 0 Å². The fourth-order valence-corrected chi connectivity index (χ4v) is 3.70. The van der Waals surface area contributed by atoms with Gasteiger partial charge in [-0.3, -0.25) is 0 Å². The van der Waals surface area contributed by atoms with Crippen LogP contribution >= 0.6 is 0 Å². The molecule has 1 aliphatic carbocycles. The minimum absolute atomic E-state index is 0.189. The lowest BCUT2D eigenvalue weighted by Gasteiger charge is -2.30. The lowest BCUT2D eigenvalue weighted by atomic mass is 9.75. The molecule has 0 radical (unpaired) electrons. The van der Waals surface area contributed by atoms with Gasteiger partial charge in [0.2, 0.25) is 10.0 Å². The second-order valence-corrected chi connectivity index (χ2v) is 8.40.